The fraction of sp³-hybridized carbons (Fsp3) is 0.588. The number of carbonyl (C=O) groups excluding carboxylic acids is 1. The molecule has 0 bridgehead atoms. The second-order valence-corrected chi connectivity index (χ2v) is 6.38. The third kappa shape index (κ3) is 4.45. The number of hydrogen-bond donors (Lipinski definition) is 1. The van der Waals surface area contributed by atoms with Crippen LogP contribution in [0.2, 0.25) is 0 Å². The van der Waals surface area contributed by atoms with Gasteiger partial charge in [-0.1, -0.05) is 12.1 Å². The lowest BCUT2D eigenvalue weighted by Gasteiger charge is -2.22. The Bertz CT molecular complexity index is 487. The molecule has 0 aliphatic carbocycles. The first kappa shape index (κ1) is 16.8. The maximum absolute atomic E-state index is 12.3. The zero-order valence-electron chi connectivity index (χ0n) is 13.8. The summed E-state index contributed by atoms with van der Waals surface area (Å²) in [6.45, 7) is 3.03. The lowest BCUT2D eigenvalue weighted by atomic mass is 10.1. The molecular weight excluding hydrogens is 278 g/mol. The summed E-state index contributed by atoms with van der Waals surface area (Å²) in [5.74, 6) is 0.465. The summed E-state index contributed by atoms with van der Waals surface area (Å²) in [7, 11) is 5.88. The van der Waals surface area contributed by atoms with E-state index >= 15 is 0 Å². The molecule has 1 saturated heterocycles. The van der Waals surface area contributed by atoms with E-state index in [0.29, 0.717) is 19.0 Å². The minimum absolute atomic E-state index is 0.135. The fourth-order valence-electron chi connectivity index (χ4n) is 2.78. The number of likely N-dealkylation sites (N-methyl/N-ethyl adjacent to an activating group) is 1. The predicted octanol–water partition coefficient (Wildman–Crippen LogP) is 1.03. The van der Waals surface area contributed by atoms with Gasteiger partial charge in [0.25, 0.3) is 0 Å². The van der Waals surface area contributed by atoms with E-state index in [1.807, 2.05) is 21.1 Å². The molecule has 1 atom stereocenters. The van der Waals surface area contributed by atoms with Gasteiger partial charge < -0.3 is 14.9 Å². The van der Waals surface area contributed by atoms with Crippen LogP contribution in [-0.2, 0) is 11.3 Å². The number of nitrogens with zero attached hydrogens (tertiary/aromatic N) is 3. The molecule has 122 valence electrons. The molecule has 0 spiro atoms. The van der Waals surface area contributed by atoms with Gasteiger partial charge in [0.1, 0.15) is 0 Å². The van der Waals surface area contributed by atoms with Gasteiger partial charge in [-0.2, -0.15) is 0 Å². The van der Waals surface area contributed by atoms with Crippen molar-refractivity contribution in [3.63, 3.8) is 0 Å². The Labute approximate surface area is 133 Å². The average molecular weight is 305 g/mol. The van der Waals surface area contributed by atoms with Crippen LogP contribution in [0.3, 0.4) is 0 Å². The van der Waals surface area contributed by atoms with Gasteiger partial charge in [0, 0.05) is 46.5 Å². The lowest BCUT2D eigenvalue weighted by molar-refractivity contribution is -0.131. The monoisotopic (exact) mass is 305 g/mol. The van der Waals surface area contributed by atoms with Crippen LogP contribution in [0.25, 0.3) is 0 Å². The molecule has 0 aromatic heterocycles. The smallest absolute Gasteiger partial charge is 0.236 e. The summed E-state index contributed by atoms with van der Waals surface area (Å²) >= 11 is 0. The fourth-order valence-corrected chi connectivity index (χ4v) is 2.78. The first-order valence-electron chi connectivity index (χ1n) is 7.83. The van der Waals surface area contributed by atoms with E-state index in [1.165, 1.54) is 0 Å². The molecule has 5 nitrogen and oxygen atoms in total. The molecule has 1 aliphatic rings. The molecule has 1 N–H and O–H groups in total. The molecular formula is C17H27N3O2. The zero-order valence-corrected chi connectivity index (χ0v) is 13.8. The topological polar surface area (TPSA) is 47.0 Å². The minimum atomic E-state index is 0.135. The Kier molecular flexibility index (Phi) is 5.80. The lowest BCUT2D eigenvalue weighted by Crippen LogP contribution is -2.37. The van der Waals surface area contributed by atoms with E-state index < -0.39 is 0 Å². The second kappa shape index (κ2) is 7.61. The molecule has 5 heteroatoms. The highest BCUT2D eigenvalue weighted by Gasteiger charge is 2.24. The summed E-state index contributed by atoms with van der Waals surface area (Å²) in [6.07, 6.45) is 0.986. The van der Waals surface area contributed by atoms with Crippen molar-refractivity contribution < 1.29 is 9.90 Å². The molecule has 1 fully saturated rings. The molecule has 1 aliphatic heterocycles. The number of likely N-dealkylation sites (tertiary alicyclic amines) is 1. The number of amides is 1. The van der Waals surface area contributed by atoms with Crippen LogP contribution in [-0.4, -0.2) is 68.2 Å². The third-order valence-corrected chi connectivity index (χ3v) is 4.29. The van der Waals surface area contributed by atoms with Crippen LogP contribution < -0.4 is 4.90 Å². The van der Waals surface area contributed by atoms with Crippen molar-refractivity contribution in [2.24, 2.45) is 5.92 Å². The van der Waals surface area contributed by atoms with Crippen molar-refractivity contribution in [2.75, 3.05) is 52.3 Å². The van der Waals surface area contributed by atoms with E-state index in [9.17, 15) is 4.79 Å². The van der Waals surface area contributed by atoms with Crippen molar-refractivity contribution in [1.29, 1.82) is 0 Å². The zero-order chi connectivity index (χ0) is 16.1. The van der Waals surface area contributed by atoms with E-state index in [0.717, 1.165) is 30.8 Å². The summed E-state index contributed by atoms with van der Waals surface area (Å²) in [4.78, 5) is 18.3. The van der Waals surface area contributed by atoms with Crippen LogP contribution in [0.15, 0.2) is 24.3 Å². The highest BCUT2D eigenvalue weighted by atomic mass is 16.3. The number of carbonyl (C=O) groups is 1. The van der Waals surface area contributed by atoms with Gasteiger partial charge in [-0.15, -0.1) is 0 Å². The van der Waals surface area contributed by atoms with Crippen molar-refractivity contribution in [1.82, 2.24) is 9.80 Å². The van der Waals surface area contributed by atoms with Crippen molar-refractivity contribution in [3.05, 3.63) is 29.8 Å². The quantitative estimate of drug-likeness (QED) is 0.852. The van der Waals surface area contributed by atoms with Crippen LogP contribution in [0.1, 0.15) is 12.0 Å². The first-order chi connectivity index (χ1) is 10.5. The Morgan fingerprint density at radius 2 is 1.95 bits per heavy atom. The Morgan fingerprint density at radius 3 is 2.50 bits per heavy atom. The van der Waals surface area contributed by atoms with Crippen LogP contribution >= 0.6 is 0 Å². The molecule has 0 saturated carbocycles. The summed E-state index contributed by atoms with van der Waals surface area (Å²) in [6, 6.07) is 8.27. The highest BCUT2D eigenvalue weighted by molar-refractivity contribution is 5.78. The SMILES string of the molecule is CN(Cc1ccc(N(C)C)cc1)C(=O)CN1CCC(CO)C1. The summed E-state index contributed by atoms with van der Waals surface area (Å²) in [5.41, 5.74) is 2.29. The molecule has 1 heterocycles. The predicted molar refractivity (Wildman–Crippen MR) is 88.9 cm³/mol. The van der Waals surface area contributed by atoms with Gasteiger partial charge in [0.2, 0.25) is 5.91 Å². The van der Waals surface area contributed by atoms with Gasteiger partial charge in [-0.05, 0) is 36.6 Å². The van der Waals surface area contributed by atoms with Gasteiger partial charge >= 0.3 is 0 Å². The average Bonchev–Trinajstić information content (AvgIpc) is 2.95. The summed E-state index contributed by atoms with van der Waals surface area (Å²) < 4.78 is 0. The number of aliphatic hydroxyl groups is 1. The normalized spacial score (nSPS) is 18.5. The summed E-state index contributed by atoms with van der Waals surface area (Å²) in [5, 5.41) is 9.16. The van der Waals surface area contributed by atoms with Gasteiger partial charge in [0.15, 0.2) is 0 Å². The number of rotatable bonds is 6. The maximum atomic E-state index is 12.3. The molecule has 1 amide bonds. The molecule has 1 unspecified atom stereocenters. The maximum Gasteiger partial charge on any atom is 0.236 e. The Hall–Kier alpha value is -1.59. The first-order valence-corrected chi connectivity index (χ1v) is 7.83. The van der Waals surface area contributed by atoms with Crippen LogP contribution in [0.5, 0.6) is 0 Å². The van der Waals surface area contributed by atoms with Crippen LogP contribution in [0, 0.1) is 5.92 Å². The van der Waals surface area contributed by atoms with Crippen molar-refractivity contribution in [2.45, 2.75) is 13.0 Å². The molecule has 2 rings (SSSR count). The minimum Gasteiger partial charge on any atom is -0.396 e. The van der Waals surface area contributed by atoms with Crippen molar-refractivity contribution in [3.8, 4) is 0 Å². The van der Waals surface area contributed by atoms with Crippen LogP contribution in [0.4, 0.5) is 5.69 Å². The van der Waals surface area contributed by atoms with E-state index in [1.54, 1.807) is 4.90 Å². The Morgan fingerprint density at radius 1 is 1.27 bits per heavy atom. The largest absolute Gasteiger partial charge is 0.396 e. The number of benzene rings is 1. The van der Waals surface area contributed by atoms with E-state index in [-0.39, 0.29) is 12.5 Å². The standard InChI is InChI=1S/C17H27N3O2/c1-18(2)16-6-4-14(5-7-16)10-19(3)17(22)12-20-9-8-15(11-20)13-21/h4-7,15,21H,8-13H2,1-3H3. The highest BCUT2D eigenvalue weighted by Crippen LogP contribution is 2.16. The van der Waals surface area contributed by atoms with E-state index in [4.69, 9.17) is 5.11 Å². The van der Waals surface area contributed by atoms with Gasteiger partial charge in [-0.25, -0.2) is 0 Å². The number of aliphatic hydroxyl groups excluding tert-OH is 1. The third-order valence-electron chi connectivity index (χ3n) is 4.29. The molecule has 1 aromatic rings. The second-order valence-electron chi connectivity index (χ2n) is 6.38. The molecule has 0 radical (unpaired) electrons. The van der Waals surface area contributed by atoms with Gasteiger partial charge in [-0.3, -0.25) is 9.69 Å². The van der Waals surface area contributed by atoms with Crippen molar-refractivity contribution >= 4 is 11.6 Å². The molecule has 1 aromatic carbocycles. The number of hydrogen-bond acceptors (Lipinski definition) is 4. The Balaban J connectivity index is 1.83. The molecule has 22 heavy (non-hydrogen) atoms. The number of anilines is 1. The van der Waals surface area contributed by atoms with Gasteiger partial charge in [0.05, 0.1) is 6.54 Å². The van der Waals surface area contributed by atoms with E-state index in [2.05, 4.69) is 34.1 Å².